The third kappa shape index (κ3) is 2.05. The largest absolute Gasteiger partial charge is 0.389 e. The van der Waals surface area contributed by atoms with Gasteiger partial charge in [0.2, 0.25) is 0 Å². The van der Waals surface area contributed by atoms with Crippen molar-refractivity contribution in [2.24, 2.45) is 5.41 Å². The van der Waals surface area contributed by atoms with Crippen LogP contribution in [0.4, 0.5) is 0 Å². The Labute approximate surface area is 81.9 Å². The molecule has 2 nitrogen and oxygen atoms in total. The van der Waals surface area contributed by atoms with Crippen LogP contribution in [0.2, 0.25) is 0 Å². The van der Waals surface area contributed by atoms with E-state index in [0.29, 0.717) is 6.04 Å². The summed E-state index contributed by atoms with van der Waals surface area (Å²) in [6.45, 7) is 12.7. The number of likely N-dealkylation sites (tertiary alicyclic amines) is 1. The summed E-state index contributed by atoms with van der Waals surface area (Å²) < 4.78 is 0. The lowest BCUT2D eigenvalue weighted by Gasteiger charge is -2.40. The summed E-state index contributed by atoms with van der Waals surface area (Å²) in [5.41, 5.74) is -0.343. The molecule has 0 aliphatic carbocycles. The second kappa shape index (κ2) is 3.25. The fraction of sp³-hybridized carbons (Fsp3) is 1.00. The first-order chi connectivity index (χ1) is 5.79. The van der Waals surface area contributed by atoms with Gasteiger partial charge in [-0.25, -0.2) is 0 Å². The summed E-state index contributed by atoms with van der Waals surface area (Å²) in [5, 5.41) is 10.1. The highest BCUT2D eigenvalue weighted by molar-refractivity contribution is 5.01. The highest BCUT2D eigenvalue weighted by Gasteiger charge is 2.47. The predicted octanol–water partition coefficient (Wildman–Crippen LogP) is 1.88. The van der Waals surface area contributed by atoms with Crippen molar-refractivity contribution in [1.29, 1.82) is 0 Å². The van der Waals surface area contributed by atoms with Crippen LogP contribution in [-0.4, -0.2) is 34.7 Å². The first-order valence-corrected chi connectivity index (χ1v) is 5.25. The molecule has 0 bridgehead atoms. The smallest absolute Gasteiger partial charge is 0.0751 e. The third-order valence-electron chi connectivity index (χ3n) is 3.22. The molecule has 0 amide bonds. The molecule has 1 aliphatic heterocycles. The lowest BCUT2D eigenvalue weighted by molar-refractivity contribution is -0.0363. The Kier molecular flexibility index (Phi) is 2.75. The van der Waals surface area contributed by atoms with Gasteiger partial charge in [0.05, 0.1) is 5.60 Å². The van der Waals surface area contributed by atoms with Gasteiger partial charge in [-0.2, -0.15) is 0 Å². The summed E-state index contributed by atoms with van der Waals surface area (Å²) in [4.78, 5) is 2.39. The first kappa shape index (κ1) is 11.0. The minimum Gasteiger partial charge on any atom is -0.389 e. The third-order valence-corrected chi connectivity index (χ3v) is 3.22. The van der Waals surface area contributed by atoms with Crippen molar-refractivity contribution in [3.8, 4) is 0 Å². The molecule has 78 valence electrons. The fourth-order valence-corrected chi connectivity index (χ4v) is 2.94. The second-order valence-electron chi connectivity index (χ2n) is 5.42. The normalized spacial score (nSPS) is 29.5. The van der Waals surface area contributed by atoms with E-state index in [4.69, 9.17) is 0 Å². The number of nitrogens with zero attached hydrogens (tertiary/aromatic N) is 1. The highest BCUT2D eigenvalue weighted by atomic mass is 16.3. The van der Waals surface area contributed by atoms with E-state index >= 15 is 0 Å². The second-order valence-corrected chi connectivity index (χ2v) is 5.42. The molecule has 0 saturated carbocycles. The zero-order valence-corrected chi connectivity index (χ0v) is 9.59. The zero-order valence-electron chi connectivity index (χ0n) is 9.59. The van der Waals surface area contributed by atoms with Crippen molar-refractivity contribution in [3.63, 3.8) is 0 Å². The molecule has 1 rings (SSSR count). The molecule has 13 heavy (non-hydrogen) atoms. The molecule has 1 N–H and O–H groups in total. The Morgan fingerprint density at radius 2 is 2.00 bits per heavy atom. The molecule has 1 fully saturated rings. The number of aliphatic hydroxyl groups is 1. The predicted molar refractivity (Wildman–Crippen MR) is 55.7 cm³/mol. The molecule has 0 spiro atoms. The summed E-state index contributed by atoms with van der Waals surface area (Å²) in [5.74, 6) is 0. The van der Waals surface area contributed by atoms with E-state index in [1.807, 2.05) is 13.8 Å². The average molecular weight is 185 g/mol. The van der Waals surface area contributed by atoms with Crippen molar-refractivity contribution < 1.29 is 5.11 Å². The molecule has 1 aliphatic rings. The minimum atomic E-state index is -0.587. The van der Waals surface area contributed by atoms with E-state index in [2.05, 4.69) is 25.7 Å². The molecule has 0 aromatic rings. The number of hydrogen-bond donors (Lipinski definition) is 1. The van der Waals surface area contributed by atoms with E-state index < -0.39 is 5.60 Å². The van der Waals surface area contributed by atoms with Crippen molar-refractivity contribution >= 4 is 0 Å². The van der Waals surface area contributed by atoms with Gasteiger partial charge < -0.3 is 5.11 Å². The Balaban J connectivity index is 2.87. The van der Waals surface area contributed by atoms with E-state index in [9.17, 15) is 5.11 Å². The summed E-state index contributed by atoms with van der Waals surface area (Å²) in [7, 11) is 0. The van der Waals surface area contributed by atoms with Crippen LogP contribution < -0.4 is 0 Å². The SMILES string of the molecule is CCN1CCC(C)(C)C1C(C)(C)O. The van der Waals surface area contributed by atoms with E-state index in [1.54, 1.807) is 0 Å². The lowest BCUT2D eigenvalue weighted by Crippen LogP contribution is -2.51. The number of likely N-dealkylation sites (N-methyl/N-ethyl adjacent to an activating group) is 1. The quantitative estimate of drug-likeness (QED) is 0.710. The maximum absolute atomic E-state index is 10.1. The van der Waals surface area contributed by atoms with E-state index in [0.717, 1.165) is 13.1 Å². The van der Waals surface area contributed by atoms with Crippen LogP contribution >= 0.6 is 0 Å². The number of rotatable bonds is 2. The van der Waals surface area contributed by atoms with Crippen LogP contribution in [0.5, 0.6) is 0 Å². The molecule has 1 atom stereocenters. The van der Waals surface area contributed by atoms with Gasteiger partial charge in [-0.1, -0.05) is 20.8 Å². The van der Waals surface area contributed by atoms with Crippen molar-refractivity contribution in [2.75, 3.05) is 13.1 Å². The van der Waals surface area contributed by atoms with Crippen LogP contribution in [0, 0.1) is 5.41 Å². The zero-order chi connectivity index (χ0) is 10.3. The molecule has 0 radical (unpaired) electrons. The minimum absolute atomic E-state index is 0.244. The maximum atomic E-state index is 10.1. The first-order valence-electron chi connectivity index (χ1n) is 5.25. The molecular weight excluding hydrogens is 162 g/mol. The average Bonchev–Trinajstić information content (AvgIpc) is 2.23. The molecular formula is C11H23NO. The number of hydrogen-bond acceptors (Lipinski definition) is 2. The van der Waals surface area contributed by atoms with Crippen molar-refractivity contribution in [1.82, 2.24) is 4.90 Å². The topological polar surface area (TPSA) is 23.5 Å². The molecule has 1 heterocycles. The summed E-state index contributed by atoms with van der Waals surface area (Å²) in [6, 6.07) is 0.296. The Hall–Kier alpha value is -0.0800. The van der Waals surface area contributed by atoms with Gasteiger partial charge in [0, 0.05) is 6.04 Å². The van der Waals surface area contributed by atoms with Crippen LogP contribution in [0.15, 0.2) is 0 Å². The van der Waals surface area contributed by atoms with Crippen molar-refractivity contribution in [2.45, 2.75) is 52.7 Å². The van der Waals surface area contributed by atoms with Gasteiger partial charge in [0.1, 0.15) is 0 Å². The van der Waals surface area contributed by atoms with Crippen molar-refractivity contribution in [3.05, 3.63) is 0 Å². The van der Waals surface area contributed by atoms with Gasteiger partial charge in [-0.3, -0.25) is 4.90 Å². The fourth-order valence-electron chi connectivity index (χ4n) is 2.94. The molecule has 1 unspecified atom stereocenters. The van der Waals surface area contributed by atoms with Crippen LogP contribution in [0.1, 0.15) is 41.0 Å². The highest BCUT2D eigenvalue weighted by Crippen LogP contribution is 2.41. The lowest BCUT2D eigenvalue weighted by atomic mass is 9.77. The molecule has 1 saturated heterocycles. The Morgan fingerprint density at radius 1 is 1.46 bits per heavy atom. The maximum Gasteiger partial charge on any atom is 0.0751 e. The van der Waals surface area contributed by atoms with Gasteiger partial charge >= 0.3 is 0 Å². The summed E-state index contributed by atoms with van der Waals surface area (Å²) in [6.07, 6.45) is 1.19. The Bertz CT molecular complexity index is 181. The van der Waals surface area contributed by atoms with Gasteiger partial charge in [0.25, 0.3) is 0 Å². The molecule has 2 heteroatoms. The van der Waals surface area contributed by atoms with Crippen LogP contribution in [-0.2, 0) is 0 Å². The van der Waals surface area contributed by atoms with Gasteiger partial charge in [-0.05, 0) is 38.8 Å². The van der Waals surface area contributed by atoms with Crippen LogP contribution in [0.3, 0.4) is 0 Å². The standard InChI is InChI=1S/C11H23NO/c1-6-12-8-7-10(2,3)9(12)11(4,5)13/h9,13H,6-8H2,1-5H3. The Morgan fingerprint density at radius 3 is 2.31 bits per heavy atom. The molecule has 0 aromatic heterocycles. The monoisotopic (exact) mass is 185 g/mol. The van der Waals surface area contributed by atoms with E-state index in [-0.39, 0.29) is 5.41 Å². The van der Waals surface area contributed by atoms with Crippen LogP contribution in [0.25, 0.3) is 0 Å². The molecule has 0 aromatic carbocycles. The van der Waals surface area contributed by atoms with E-state index in [1.165, 1.54) is 6.42 Å². The van der Waals surface area contributed by atoms with Gasteiger partial charge in [0.15, 0.2) is 0 Å². The summed E-state index contributed by atoms with van der Waals surface area (Å²) >= 11 is 0. The van der Waals surface area contributed by atoms with Gasteiger partial charge in [-0.15, -0.1) is 0 Å².